The number of amides is 2. The molecule has 0 saturated carbocycles. The molecule has 9 heteroatoms. The van der Waals surface area contributed by atoms with Crippen LogP contribution in [0.4, 0.5) is 9.18 Å². The fourth-order valence-corrected chi connectivity index (χ4v) is 2.76. The van der Waals surface area contributed by atoms with E-state index >= 15 is 0 Å². The van der Waals surface area contributed by atoms with Crippen LogP contribution in [0.3, 0.4) is 0 Å². The lowest BCUT2D eigenvalue weighted by molar-refractivity contribution is -0.130. The number of ether oxygens (including phenoxy) is 2. The molecule has 0 spiro atoms. The van der Waals surface area contributed by atoms with Gasteiger partial charge in [-0.05, 0) is 6.42 Å². The Morgan fingerprint density at radius 2 is 2.29 bits per heavy atom. The van der Waals surface area contributed by atoms with Gasteiger partial charge in [0.25, 0.3) is 5.88 Å². The topological polar surface area (TPSA) is 84.9 Å². The van der Waals surface area contributed by atoms with E-state index in [-0.39, 0.29) is 24.4 Å². The second-order valence-corrected chi connectivity index (χ2v) is 5.70. The first kappa shape index (κ1) is 16.4. The molecule has 2 fully saturated rings. The Labute approximate surface area is 138 Å². The van der Waals surface area contributed by atoms with Gasteiger partial charge in [-0.3, -0.25) is 9.69 Å². The summed E-state index contributed by atoms with van der Waals surface area (Å²) in [7, 11) is 0. The van der Waals surface area contributed by atoms with E-state index in [2.05, 4.69) is 9.97 Å². The highest BCUT2D eigenvalue weighted by atomic mass is 19.1. The molecule has 0 radical (unpaired) electrons. The van der Waals surface area contributed by atoms with E-state index in [1.165, 1.54) is 11.2 Å². The van der Waals surface area contributed by atoms with Gasteiger partial charge in [-0.15, -0.1) is 0 Å². The largest absolute Gasteiger partial charge is 0.470 e. The van der Waals surface area contributed by atoms with Crippen molar-refractivity contribution in [3.05, 3.63) is 17.8 Å². The van der Waals surface area contributed by atoms with Crippen molar-refractivity contribution in [2.45, 2.75) is 25.9 Å². The lowest BCUT2D eigenvalue weighted by Crippen LogP contribution is -2.40. The number of cyclic esters (lactones) is 1. The van der Waals surface area contributed by atoms with Crippen LogP contribution in [0.25, 0.3) is 0 Å². The molecular weight excluding hydrogens is 319 g/mol. The normalized spacial score (nSPS) is 20.4. The van der Waals surface area contributed by atoms with Crippen molar-refractivity contribution < 1.29 is 23.5 Å². The third kappa shape index (κ3) is 3.39. The van der Waals surface area contributed by atoms with Crippen molar-refractivity contribution in [2.24, 2.45) is 0 Å². The van der Waals surface area contributed by atoms with Gasteiger partial charge in [0.05, 0.1) is 18.8 Å². The highest BCUT2D eigenvalue weighted by Gasteiger charge is 2.32. The molecule has 3 rings (SSSR count). The molecule has 130 valence electrons. The van der Waals surface area contributed by atoms with E-state index in [0.717, 1.165) is 0 Å². The van der Waals surface area contributed by atoms with Crippen molar-refractivity contribution in [1.29, 1.82) is 0 Å². The number of nitrogens with zero attached hydrogens (tertiary/aromatic N) is 4. The summed E-state index contributed by atoms with van der Waals surface area (Å²) in [5.41, 5.74) is 0.304. The second-order valence-electron chi connectivity index (χ2n) is 5.70. The number of aryl methyl sites for hydroxylation is 1. The smallest absolute Gasteiger partial charge is 0.410 e. The fourth-order valence-electron chi connectivity index (χ4n) is 2.76. The summed E-state index contributed by atoms with van der Waals surface area (Å²) in [5, 5.41) is 0. The van der Waals surface area contributed by atoms with Crippen LogP contribution in [0, 0.1) is 5.82 Å². The molecule has 0 N–H and O–H groups in total. The van der Waals surface area contributed by atoms with Crippen LogP contribution in [0.2, 0.25) is 0 Å². The lowest BCUT2D eigenvalue weighted by atomic mass is 10.3. The number of likely N-dealkylation sites (tertiary alicyclic amines) is 1. The molecule has 0 bridgehead atoms. The maximum atomic E-state index is 14.1. The Morgan fingerprint density at radius 1 is 1.46 bits per heavy atom. The Hall–Kier alpha value is -2.45. The highest BCUT2D eigenvalue weighted by Crippen LogP contribution is 2.21. The van der Waals surface area contributed by atoms with E-state index in [0.29, 0.717) is 44.8 Å². The highest BCUT2D eigenvalue weighted by molar-refractivity contribution is 5.83. The minimum atomic E-state index is -0.551. The van der Waals surface area contributed by atoms with Gasteiger partial charge in [-0.2, -0.15) is 9.37 Å². The molecule has 2 aliphatic rings. The molecule has 1 atom stereocenters. The van der Waals surface area contributed by atoms with Crippen molar-refractivity contribution in [3.63, 3.8) is 0 Å². The lowest BCUT2D eigenvalue weighted by Gasteiger charge is -2.20. The second kappa shape index (κ2) is 6.98. The quantitative estimate of drug-likeness (QED) is 0.782. The Balaban J connectivity index is 1.55. The Kier molecular flexibility index (Phi) is 4.77. The van der Waals surface area contributed by atoms with Crippen molar-refractivity contribution in [1.82, 2.24) is 19.8 Å². The fraction of sp³-hybridized carbons (Fsp3) is 0.600. The van der Waals surface area contributed by atoms with E-state index in [4.69, 9.17) is 9.47 Å². The van der Waals surface area contributed by atoms with Gasteiger partial charge in [-0.25, -0.2) is 9.78 Å². The molecule has 1 unspecified atom stereocenters. The van der Waals surface area contributed by atoms with Crippen LogP contribution in [-0.2, 0) is 16.0 Å². The van der Waals surface area contributed by atoms with Gasteiger partial charge in [0.2, 0.25) is 11.7 Å². The number of aromatic nitrogens is 2. The van der Waals surface area contributed by atoms with E-state index in [1.54, 1.807) is 11.8 Å². The van der Waals surface area contributed by atoms with E-state index < -0.39 is 11.9 Å². The molecule has 1 aromatic rings. The molecule has 1 aromatic heterocycles. The van der Waals surface area contributed by atoms with Crippen molar-refractivity contribution >= 4 is 12.0 Å². The number of hydrogen-bond donors (Lipinski definition) is 0. The maximum Gasteiger partial charge on any atom is 0.410 e. The predicted octanol–water partition coefficient (Wildman–Crippen LogP) is 0.610. The predicted molar refractivity (Wildman–Crippen MR) is 79.9 cm³/mol. The zero-order valence-corrected chi connectivity index (χ0v) is 13.4. The van der Waals surface area contributed by atoms with Crippen LogP contribution in [0.1, 0.15) is 19.0 Å². The first-order valence-electron chi connectivity index (χ1n) is 7.94. The Bertz CT molecular complexity index is 642. The molecular formula is C15H19FN4O4. The summed E-state index contributed by atoms with van der Waals surface area (Å²) in [6.45, 7) is 3.36. The third-order valence-electron chi connectivity index (χ3n) is 4.11. The molecule has 0 aromatic carbocycles. The van der Waals surface area contributed by atoms with Crippen LogP contribution < -0.4 is 4.74 Å². The van der Waals surface area contributed by atoms with Crippen LogP contribution in [-0.4, -0.2) is 70.7 Å². The zero-order valence-electron chi connectivity index (χ0n) is 13.4. The molecule has 2 saturated heterocycles. The number of carbonyl (C=O) groups is 2. The maximum absolute atomic E-state index is 14.1. The number of rotatable bonds is 5. The third-order valence-corrected chi connectivity index (χ3v) is 4.11. The number of carbonyl (C=O) groups excluding carboxylic acids is 2. The first-order valence-corrected chi connectivity index (χ1v) is 7.94. The van der Waals surface area contributed by atoms with Gasteiger partial charge in [0, 0.05) is 13.0 Å². The monoisotopic (exact) mass is 338 g/mol. The molecule has 3 heterocycles. The van der Waals surface area contributed by atoms with Gasteiger partial charge < -0.3 is 14.4 Å². The summed E-state index contributed by atoms with van der Waals surface area (Å²) in [6, 6.07) is 0. The molecule has 2 aliphatic heterocycles. The van der Waals surface area contributed by atoms with Crippen molar-refractivity contribution in [2.75, 3.05) is 32.8 Å². The van der Waals surface area contributed by atoms with Gasteiger partial charge >= 0.3 is 6.09 Å². The summed E-state index contributed by atoms with van der Waals surface area (Å²) >= 11 is 0. The van der Waals surface area contributed by atoms with Crippen LogP contribution >= 0.6 is 0 Å². The number of halogens is 1. The first-order chi connectivity index (χ1) is 11.6. The number of hydrogen-bond acceptors (Lipinski definition) is 6. The molecule has 8 nitrogen and oxygen atoms in total. The average Bonchev–Trinajstić information content (AvgIpc) is 3.19. The standard InChI is InChI=1S/C15H19FN4O4/c1-2-11-13(16)14(18-9-17-11)24-10-3-4-19(7-10)12(21)8-20-5-6-23-15(20)22/h9-10H,2-8H2,1H3. The Morgan fingerprint density at radius 3 is 3.00 bits per heavy atom. The van der Waals surface area contributed by atoms with Crippen LogP contribution in [0.5, 0.6) is 5.88 Å². The summed E-state index contributed by atoms with van der Waals surface area (Å²) in [6.07, 6.45) is 1.51. The average molecular weight is 338 g/mol. The SMILES string of the molecule is CCc1ncnc(OC2CCN(C(=O)CN3CCOC3=O)C2)c1F. The van der Waals surface area contributed by atoms with Gasteiger partial charge in [-0.1, -0.05) is 6.92 Å². The molecule has 0 aliphatic carbocycles. The molecule has 2 amide bonds. The summed E-state index contributed by atoms with van der Waals surface area (Å²) in [4.78, 5) is 34.3. The summed E-state index contributed by atoms with van der Waals surface area (Å²) in [5.74, 6) is -0.800. The van der Waals surface area contributed by atoms with Crippen molar-refractivity contribution in [3.8, 4) is 5.88 Å². The van der Waals surface area contributed by atoms with E-state index in [1.807, 2.05) is 0 Å². The van der Waals surface area contributed by atoms with Gasteiger partial charge in [0.15, 0.2) is 0 Å². The van der Waals surface area contributed by atoms with E-state index in [9.17, 15) is 14.0 Å². The minimum absolute atomic E-state index is 0.00654. The zero-order chi connectivity index (χ0) is 17.1. The summed E-state index contributed by atoms with van der Waals surface area (Å²) < 4.78 is 24.5. The van der Waals surface area contributed by atoms with Crippen LogP contribution in [0.15, 0.2) is 6.33 Å². The molecule has 24 heavy (non-hydrogen) atoms. The minimum Gasteiger partial charge on any atom is -0.470 e. The van der Waals surface area contributed by atoms with Gasteiger partial charge in [0.1, 0.15) is 25.6 Å².